The largest absolute Gasteiger partial charge is 0.768 e. The number of aryl methyl sites for hydroxylation is 1. The molecule has 0 bridgehead atoms. The molecule has 5 rings (SSSR count). The van der Waals surface area contributed by atoms with Gasteiger partial charge < -0.3 is 23.5 Å². The molecule has 4 unspecified atom stereocenters. The van der Waals surface area contributed by atoms with Crippen molar-refractivity contribution in [1.82, 2.24) is 5.32 Å². The highest BCUT2D eigenvalue weighted by molar-refractivity contribution is 7.79. The van der Waals surface area contributed by atoms with E-state index < -0.39 is 23.1 Å². The summed E-state index contributed by atoms with van der Waals surface area (Å²) in [6.07, 6.45) is 0.688. The molecular formula is C36H36NO8S-. The molecule has 4 aromatic rings. The molecule has 0 saturated heterocycles. The van der Waals surface area contributed by atoms with E-state index in [4.69, 9.17) is 18.9 Å². The summed E-state index contributed by atoms with van der Waals surface area (Å²) in [5.74, 6) is 0.848. The molecule has 0 aromatic heterocycles. The Morgan fingerprint density at radius 2 is 1.80 bits per heavy atom. The molecule has 1 heterocycles. The van der Waals surface area contributed by atoms with Crippen molar-refractivity contribution < 1.29 is 37.3 Å². The van der Waals surface area contributed by atoms with Crippen LogP contribution in [0.2, 0.25) is 0 Å². The Labute approximate surface area is 271 Å². The number of rotatable bonds is 11. The van der Waals surface area contributed by atoms with E-state index in [1.807, 2.05) is 74.5 Å². The van der Waals surface area contributed by atoms with Crippen molar-refractivity contribution in [2.24, 2.45) is 0 Å². The Kier molecular flexibility index (Phi) is 10.5. The second-order valence-electron chi connectivity index (χ2n) is 11.1. The van der Waals surface area contributed by atoms with Crippen molar-refractivity contribution in [1.29, 1.82) is 0 Å². The van der Waals surface area contributed by atoms with Gasteiger partial charge in [-0.1, -0.05) is 61.0 Å². The van der Waals surface area contributed by atoms with Crippen LogP contribution in [0.25, 0.3) is 11.1 Å². The van der Waals surface area contributed by atoms with Crippen molar-refractivity contribution in [3.05, 3.63) is 107 Å². The summed E-state index contributed by atoms with van der Waals surface area (Å²) in [6.45, 7) is 5.59. The number of methoxy groups -OCH3 is 1. The first-order valence-corrected chi connectivity index (χ1v) is 16.1. The van der Waals surface area contributed by atoms with Crippen molar-refractivity contribution in [3.63, 3.8) is 0 Å². The number of nitrogens with one attached hydrogen (secondary N) is 1. The van der Waals surface area contributed by atoms with Gasteiger partial charge in [-0.15, -0.1) is 0 Å². The van der Waals surface area contributed by atoms with Crippen LogP contribution < -0.4 is 19.5 Å². The Bertz CT molecular complexity index is 1740. The van der Waals surface area contributed by atoms with Gasteiger partial charge in [0.15, 0.2) is 17.6 Å². The van der Waals surface area contributed by atoms with Gasteiger partial charge in [-0.25, -0.2) is 0 Å². The first-order valence-electron chi connectivity index (χ1n) is 15.0. The Hall–Kier alpha value is -4.51. The Morgan fingerprint density at radius 1 is 1.02 bits per heavy atom. The van der Waals surface area contributed by atoms with Crippen LogP contribution in [0.4, 0.5) is 0 Å². The molecule has 10 heteroatoms. The SMILES string of the molecule is CCC(NC(Cc1ccc2c(c1)OCC(c1ccc(OC(C)=O)cc1)O2)C(=O)OC)c1cccc(-c2cc(C)ccc2S(=O)[O-])c1. The van der Waals surface area contributed by atoms with Crippen LogP contribution in [0.5, 0.6) is 17.2 Å². The lowest BCUT2D eigenvalue weighted by Gasteiger charge is -2.28. The second-order valence-corrected chi connectivity index (χ2v) is 12.0. The standard InChI is InChI=1S/C36H37NO8S/c1-5-30(27-8-6-7-26(20-27)29-17-22(2)9-16-35(29)46(40)41)37-31(36(39)42-4)18-24-10-15-32-33(19-24)43-21-34(45-32)25-11-13-28(14-12-25)44-23(3)38/h6-17,19-20,30-31,34,37H,5,18,21H2,1-4H3,(H,40,41)/p-1. The number of esters is 2. The average Bonchev–Trinajstić information content (AvgIpc) is 3.06. The molecule has 1 aliphatic rings. The van der Waals surface area contributed by atoms with E-state index in [0.29, 0.717) is 42.3 Å². The predicted octanol–water partition coefficient (Wildman–Crippen LogP) is 6.16. The normalized spacial score (nSPS) is 15.8. The summed E-state index contributed by atoms with van der Waals surface area (Å²) >= 11 is -2.38. The molecule has 0 saturated carbocycles. The zero-order chi connectivity index (χ0) is 32.8. The Morgan fingerprint density at radius 3 is 2.50 bits per heavy atom. The van der Waals surface area contributed by atoms with Gasteiger partial charge >= 0.3 is 11.9 Å². The third kappa shape index (κ3) is 7.82. The first kappa shape index (κ1) is 32.9. The third-order valence-electron chi connectivity index (χ3n) is 7.83. The molecular weight excluding hydrogens is 606 g/mol. The van der Waals surface area contributed by atoms with E-state index >= 15 is 0 Å². The molecule has 0 amide bonds. The van der Waals surface area contributed by atoms with E-state index in [1.165, 1.54) is 14.0 Å². The summed E-state index contributed by atoms with van der Waals surface area (Å²) in [7, 11) is 1.36. The van der Waals surface area contributed by atoms with E-state index in [0.717, 1.165) is 27.8 Å². The summed E-state index contributed by atoms with van der Waals surface area (Å²) in [5, 5.41) is 3.47. The highest BCUT2D eigenvalue weighted by Crippen LogP contribution is 2.38. The van der Waals surface area contributed by atoms with Gasteiger partial charge in [0.1, 0.15) is 18.4 Å². The van der Waals surface area contributed by atoms with Crippen molar-refractivity contribution in [2.75, 3.05) is 13.7 Å². The fourth-order valence-corrected chi connectivity index (χ4v) is 6.08. The van der Waals surface area contributed by atoms with Crippen LogP contribution in [-0.2, 0) is 31.8 Å². The Balaban J connectivity index is 1.31. The van der Waals surface area contributed by atoms with Crippen LogP contribution in [0.3, 0.4) is 0 Å². The lowest BCUT2D eigenvalue weighted by Crippen LogP contribution is -2.41. The van der Waals surface area contributed by atoms with Gasteiger partial charge in [0.05, 0.1) is 7.11 Å². The van der Waals surface area contributed by atoms with E-state index in [-0.39, 0.29) is 23.0 Å². The van der Waals surface area contributed by atoms with Crippen LogP contribution in [0.15, 0.2) is 89.8 Å². The summed E-state index contributed by atoms with van der Waals surface area (Å²) in [6, 6.07) is 24.8. The number of hydrogen-bond donors (Lipinski definition) is 1. The molecule has 9 nitrogen and oxygen atoms in total. The third-order valence-corrected chi connectivity index (χ3v) is 8.55. The van der Waals surface area contributed by atoms with Crippen LogP contribution >= 0.6 is 0 Å². The molecule has 1 N–H and O–H groups in total. The minimum Gasteiger partial charge on any atom is -0.768 e. The molecule has 0 radical (unpaired) electrons. The topological polar surface area (TPSA) is 123 Å². The minimum atomic E-state index is -2.38. The van der Waals surface area contributed by atoms with Crippen LogP contribution in [0.1, 0.15) is 54.7 Å². The van der Waals surface area contributed by atoms with Gasteiger partial charge in [-0.3, -0.25) is 19.1 Å². The van der Waals surface area contributed by atoms with Crippen LogP contribution in [-0.4, -0.2) is 40.5 Å². The molecule has 0 fully saturated rings. The number of carbonyl (C=O) groups excluding carboxylic acids is 2. The van der Waals surface area contributed by atoms with Gasteiger partial charge in [0.2, 0.25) is 0 Å². The lowest BCUT2D eigenvalue weighted by molar-refractivity contribution is -0.143. The van der Waals surface area contributed by atoms with E-state index in [9.17, 15) is 18.4 Å². The highest BCUT2D eigenvalue weighted by Gasteiger charge is 2.27. The zero-order valence-electron chi connectivity index (χ0n) is 26.1. The maximum absolute atomic E-state index is 13.0. The number of ether oxygens (including phenoxy) is 4. The lowest BCUT2D eigenvalue weighted by atomic mass is 9.96. The fraction of sp³-hybridized carbons (Fsp3) is 0.278. The van der Waals surface area contributed by atoms with E-state index in [2.05, 4.69) is 5.32 Å². The minimum absolute atomic E-state index is 0.208. The predicted molar refractivity (Wildman–Crippen MR) is 173 cm³/mol. The molecule has 0 spiro atoms. The maximum Gasteiger partial charge on any atom is 0.323 e. The summed E-state index contributed by atoms with van der Waals surface area (Å²) in [5.41, 5.74) is 5.03. The van der Waals surface area contributed by atoms with Crippen molar-refractivity contribution in [2.45, 2.75) is 56.7 Å². The van der Waals surface area contributed by atoms with Crippen molar-refractivity contribution in [3.8, 4) is 28.4 Å². The molecule has 46 heavy (non-hydrogen) atoms. The molecule has 4 atom stereocenters. The monoisotopic (exact) mass is 642 g/mol. The summed E-state index contributed by atoms with van der Waals surface area (Å²) in [4.78, 5) is 24.4. The number of hydrogen-bond acceptors (Lipinski definition) is 9. The molecule has 1 aliphatic heterocycles. The van der Waals surface area contributed by atoms with Gasteiger partial charge in [-0.2, -0.15) is 0 Å². The highest BCUT2D eigenvalue weighted by atomic mass is 32.2. The number of carbonyl (C=O) groups is 2. The van der Waals surface area contributed by atoms with Gasteiger partial charge in [0, 0.05) is 17.9 Å². The second kappa shape index (κ2) is 14.7. The number of benzene rings is 4. The summed E-state index contributed by atoms with van der Waals surface area (Å²) < 4.78 is 46.4. The van der Waals surface area contributed by atoms with Crippen molar-refractivity contribution >= 4 is 23.0 Å². The molecule has 0 aliphatic carbocycles. The molecule has 4 aromatic carbocycles. The van der Waals surface area contributed by atoms with E-state index in [1.54, 1.807) is 24.3 Å². The quantitative estimate of drug-likeness (QED) is 0.116. The fourth-order valence-electron chi connectivity index (χ4n) is 5.54. The average molecular weight is 643 g/mol. The molecule has 240 valence electrons. The van der Waals surface area contributed by atoms with Gasteiger partial charge in [0.25, 0.3) is 0 Å². The van der Waals surface area contributed by atoms with Gasteiger partial charge in [-0.05, 0) is 95.1 Å². The number of fused-ring (bicyclic) bond motifs is 1. The first-order chi connectivity index (χ1) is 22.1. The van der Waals surface area contributed by atoms with Crippen LogP contribution in [0, 0.1) is 6.92 Å². The maximum atomic E-state index is 13.0. The zero-order valence-corrected chi connectivity index (χ0v) is 26.9. The smallest absolute Gasteiger partial charge is 0.323 e.